The van der Waals surface area contributed by atoms with Crippen molar-refractivity contribution in [1.82, 2.24) is 4.90 Å². The highest BCUT2D eigenvalue weighted by Crippen LogP contribution is 2.38. The molecule has 1 N–H and O–H groups in total. The number of hydrogen-bond acceptors (Lipinski definition) is 5. The molecule has 35 heavy (non-hydrogen) atoms. The number of fused-ring (bicyclic) bond motifs is 1. The predicted octanol–water partition coefficient (Wildman–Crippen LogP) is 4.52. The second kappa shape index (κ2) is 9.00. The standard InChI is InChI=1S/C28H26N2O5/c1-17-20(18-8-4-3-5-9-18)10-6-11-23(17)30-26(31)21-14-19(25(35-2)15-22(21)27(30)32)16-29-13-7-12-24(29)28(33)34/h3-6,8-11,14-15,24H,7,12-13,16H2,1-2H3,(H,33,34)/t24-/m0/s1. The van der Waals surface area contributed by atoms with Crippen LogP contribution in [0.2, 0.25) is 0 Å². The minimum atomic E-state index is -0.853. The molecular weight excluding hydrogens is 444 g/mol. The molecule has 3 aromatic rings. The third-order valence-electron chi connectivity index (χ3n) is 6.94. The Balaban J connectivity index is 1.52. The molecule has 2 amide bonds. The van der Waals surface area contributed by atoms with Crippen molar-refractivity contribution in [2.24, 2.45) is 0 Å². The van der Waals surface area contributed by atoms with Gasteiger partial charge in [0.2, 0.25) is 0 Å². The van der Waals surface area contributed by atoms with Crippen LogP contribution in [0.1, 0.15) is 44.7 Å². The molecular formula is C28H26N2O5. The Kier molecular flexibility index (Phi) is 5.86. The predicted molar refractivity (Wildman–Crippen MR) is 132 cm³/mol. The molecule has 0 aliphatic carbocycles. The first kappa shape index (κ1) is 22.8. The summed E-state index contributed by atoms with van der Waals surface area (Å²) >= 11 is 0. The van der Waals surface area contributed by atoms with Crippen molar-refractivity contribution in [3.63, 3.8) is 0 Å². The molecule has 2 aliphatic rings. The highest BCUT2D eigenvalue weighted by molar-refractivity contribution is 6.35. The van der Waals surface area contributed by atoms with Gasteiger partial charge in [0.1, 0.15) is 11.8 Å². The van der Waals surface area contributed by atoms with Crippen molar-refractivity contribution in [2.45, 2.75) is 32.4 Å². The lowest BCUT2D eigenvalue weighted by molar-refractivity contribution is -0.142. The Morgan fingerprint density at radius 2 is 1.71 bits per heavy atom. The van der Waals surface area contributed by atoms with Gasteiger partial charge in [-0.3, -0.25) is 19.3 Å². The van der Waals surface area contributed by atoms with Crippen LogP contribution in [-0.2, 0) is 11.3 Å². The number of carbonyl (C=O) groups is 3. The topological polar surface area (TPSA) is 87.2 Å². The zero-order valence-electron chi connectivity index (χ0n) is 19.7. The van der Waals surface area contributed by atoms with Gasteiger partial charge >= 0.3 is 5.97 Å². The van der Waals surface area contributed by atoms with Gasteiger partial charge in [0.15, 0.2) is 0 Å². The van der Waals surface area contributed by atoms with Gasteiger partial charge in [-0.2, -0.15) is 0 Å². The van der Waals surface area contributed by atoms with Gasteiger partial charge in [0.25, 0.3) is 11.8 Å². The highest BCUT2D eigenvalue weighted by atomic mass is 16.5. The average molecular weight is 471 g/mol. The van der Waals surface area contributed by atoms with E-state index in [1.54, 1.807) is 18.2 Å². The van der Waals surface area contributed by atoms with Crippen LogP contribution in [0.15, 0.2) is 60.7 Å². The molecule has 0 aromatic heterocycles. The second-order valence-electron chi connectivity index (χ2n) is 8.94. The van der Waals surface area contributed by atoms with Crippen molar-refractivity contribution in [2.75, 3.05) is 18.6 Å². The molecule has 0 radical (unpaired) electrons. The van der Waals surface area contributed by atoms with E-state index in [-0.39, 0.29) is 5.56 Å². The lowest BCUT2D eigenvalue weighted by Crippen LogP contribution is -2.35. The Hall–Kier alpha value is -3.97. The number of carboxylic acids is 1. The molecule has 7 nitrogen and oxygen atoms in total. The van der Waals surface area contributed by atoms with Gasteiger partial charge < -0.3 is 9.84 Å². The monoisotopic (exact) mass is 470 g/mol. The van der Waals surface area contributed by atoms with Gasteiger partial charge in [-0.1, -0.05) is 42.5 Å². The maximum atomic E-state index is 13.5. The van der Waals surface area contributed by atoms with Gasteiger partial charge in [-0.15, -0.1) is 0 Å². The number of nitrogens with zero attached hydrogens (tertiary/aromatic N) is 2. The number of ether oxygens (including phenoxy) is 1. The van der Waals surface area contributed by atoms with Crippen LogP contribution >= 0.6 is 0 Å². The van der Waals surface area contributed by atoms with Crippen LogP contribution in [0, 0.1) is 6.92 Å². The van der Waals surface area contributed by atoms with E-state index >= 15 is 0 Å². The van der Waals surface area contributed by atoms with Gasteiger partial charge in [-0.05, 0) is 61.2 Å². The first-order valence-electron chi connectivity index (χ1n) is 11.6. The van der Waals surface area contributed by atoms with Crippen LogP contribution in [0.5, 0.6) is 5.75 Å². The average Bonchev–Trinajstić information content (AvgIpc) is 3.42. The number of imide groups is 1. The van der Waals surface area contributed by atoms with E-state index in [0.29, 0.717) is 42.1 Å². The molecule has 0 saturated carbocycles. The summed E-state index contributed by atoms with van der Waals surface area (Å²) in [6.45, 7) is 2.89. The first-order chi connectivity index (χ1) is 16.9. The van der Waals surface area contributed by atoms with E-state index in [1.807, 2.05) is 54.3 Å². The number of amides is 2. The molecule has 0 spiro atoms. The van der Waals surface area contributed by atoms with Crippen LogP contribution in [0.25, 0.3) is 11.1 Å². The summed E-state index contributed by atoms with van der Waals surface area (Å²) < 4.78 is 5.55. The molecule has 3 aromatic carbocycles. The summed E-state index contributed by atoms with van der Waals surface area (Å²) in [5.74, 6) is -1.17. The SMILES string of the molecule is COc1cc2c(cc1CN1CCC[C@H]1C(=O)O)C(=O)N(c1cccc(-c3ccccc3)c1C)C2=O. The summed E-state index contributed by atoms with van der Waals surface area (Å²) in [5, 5.41) is 9.53. The third-order valence-corrected chi connectivity index (χ3v) is 6.94. The number of benzene rings is 3. The van der Waals surface area contributed by atoms with Gasteiger partial charge in [0, 0.05) is 12.1 Å². The lowest BCUT2D eigenvalue weighted by atomic mass is 9.99. The molecule has 0 unspecified atom stereocenters. The van der Waals surface area contributed by atoms with E-state index < -0.39 is 23.8 Å². The summed E-state index contributed by atoms with van der Waals surface area (Å²) in [6.07, 6.45) is 1.39. The molecule has 1 fully saturated rings. The largest absolute Gasteiger partial charge is 0.496 e. The fourth-order valence-electron chi connectivity index (χ4n) is 5.15. The molecule has 1 atom stereocenters. The van der Waals surface area contributed by atoms with E-state index in [0.717, 1.165) is 23.1 Å². The van der Waals surface area contributed by atoms with Gasteiger partial charge in [-0.25, -0.2) is 4.90 Å². The molecule has 178 valence electrons. The minimum Gasteiger partial charge on any atom is -0.496 e. The number of carbonyl (C=O) groups excluding carboxylic acids is 2. The third kappa shape index (κ3) is 3.88. The maximum Gasteiger partial charge on any atom is 0.320 e. The van der Waals surface area contributed by atoms with Crippen molar-refractivity contribution < 1.29 is 24.2 Å². The number of methoxy groups -OCH3 is 1. The zero-order chi connectivity index (χ0) is 24.7. The molecule has 0 bridgehead atoms. The quantitative estimate of drug-likeness (QED) is 0.533. The number of rotatable bonds is 6. The molecule has 5 rings (SSSR count). The Labute approximate surface area is 203 Å². The van der Waals surface area contributed by atoms with E-state index in [9.17, 15) is 19.5 Å². The summed E-state index contributed by atoms with van der Waals surface area (Å²) in [5.41, 5.74) is 4.62. The normalized spacial score (nSPS) is 17.7. The van der Waals surface area contributed by atoms with Crippen LogP contribution in [0.4, 0.5) is 5.69 Å². The number of carboxylic acid groups (broad SMARTS) is 1. The first-order valence-corrected chi connectivity index (χ1v) is 11.6. The molecule has 2 aliphatic heterocycles. The van der Waals surface area contributed by atoms with Crippen LogP contribution in [0.3, 0.4) is 0 Å². The minimum absolute atomic E-state index is 0.288. The number of aliphatic carboxylic acids is 1. The zero-order valence-corrected chi connectivity index (χ0v) is 19.7. The molecule has 7 heteroatoms. The number of likely N-dealkylation sites (tertiary alicyclic amines) is 1. The second-order valence-corrected chi connectivity index (χ2v) is 8.94. The number of anilines is 1. The summed E-state index contributed by atoms with van der Waals surface area (Å²) in [7, 11) is 1.51. The lowest BCUT2D eigenvalue weighted by Gasteiger charge is -2.22. The van der Waals surface area contributed by atoms with E-state index in [4.69, 9.17) is 4.74 Å². The summed E-state index contributed by atoms with van der Waals surface area (Å²) in [4.78, 5) is 41.7. The van der Waals surface area contributed by atoms with Crippen molar-refractivity contribution >= 4 is 23.5 Å². The van der Waals surface area contributed by atoms with Gasteiger partial charge in [0.05, 0.1) is 23.9 Å². The summed E-state index contributed by atoms with van der Waals surface area (Å²) in [6, 6.07) is 18.2. The van der Waals surface area contributed by atoms with Crippen molar-refractivity contribution in [3.8, 4) is 16.9 Å². The van der Waals surface area contributed by atoms with E-state index in [1.165, 1.54) is 12.0 Å². The van der Waals surface area contributed by atoms with Crippen molar-refractivity contribution in [3.05, 3.63) is 82.9 Å². The highest BCUT2D eigenvalue weighted by Gasteiger charge is 2.39. The Bertz CT molecular complexity index is 1330. The molecule has 2 heterocycles. The molecule has 1 saturated heterocycles. The Morgan fingerprint density at radius 1 is 1.00 bits per heavy atom. The maximum absolute atomic E-state index is 13.5. The Morgan fingerprint density at radius 3 is 2.40 bits per heavy atom. The van der Waals surface area contributed by atoms with Crippen molar-refractivity contribution in [1.29, 1.82) is 0 Å². The fraction of sp³-hybridized carbons (Fsp3) is 0.250. The van der Waals surface area contributed by atoms with Crippen LogP contribution < -0.4 is 9.64 Å². The number of hydrogen-bond donors (Lipinski definition) is 1. The van der Waals surface area contributed by atoms with Crippen LogP contribution in [-0.4, -0.2) is 47.5 Å². The fourth-order valence-corrected chi connectivity index (χ4v) is 5.15. The van der Waals surface area contributed by atoms with E-state index in [2.05, 4.69) is 0 Å². The smallest absolute Gasteiger partial charge is 0.320 e.